The number of aromatic nitrogens is 2. The molecule has 0 saturated carbocycles. The van der Waals surface area contributed by atoms with Gasteiger partial charge < -0.3 is 20.1 Å². The summed E-state index contributed by atoms with van der Waals surface area (Å²) in [6.45, 7) is 0.228. The molecule has 182 valence electrons. The van der Waals surface area contributed by atoms with Crippen LogP contribution in [-0.2, 0) is 11.3 Å². The smallest absolute Gasteiger partial charge is 0.407 e. The highest BCUT2D eigenvalue weighted by Crippen LogP contribution is 2.40. The second-order valence-electron chi connectivity index (χ2n) is 7.96. The average Bonchev–Trinajstić information content (AvgIpc) is 3.25. The molecule has 2 aromatic heterocycles. The summed E-state index contributed by atoms with van der Waals surface area (Å²) in [7, 11) is 1.47. The quantitative estimate of drug-likeness (QED) is 0.385. The number of ether oxygens (including phenoxy) is 1. The number of methoxy groups -OCH3 is 1. The fraction of sp³-hybridized carbons (Fsp3) is 0.250. The monoisotopic (exact) mass is 534 g/mol. The van der Waals surface area contributed by atoms with Gasteiger partial charge in [-0.2, -0.15) is 0 Å². The van der Waals surface area contributed by atoms with E-state index in [9.17, 15) is 14.7 Å². The van der Waals surface area contributed by atoms with Gasteiger partial charge in [-0.25, -0.2) is 14.8 Å². The summed E-state index contributed by atoms with van der Waals surface area (Å²) in [6, 6.07) is 10.5. The first-order valence-corrected chi connectivity index (χ1v) is 11.8. The summed E-state index contributed by atoms with van der Waals surface area (Å²) in [5.74, 6) is 0.203. The zero-order valence-corrected chi connectivity index (χ0v) is 20.9. The molecule has 0 spiro atoms. The number of nitrogens with one attached hydrogen (secondary N) is 1. The maximum Gasteiger partial charge on any atom is 0.407 e. The zero-order valence-electron chi connectivity index (χ0n) is 18.6. The molecule has 1 fully saturated rings. The highest BCUT2D eigenvalue weighted by molar-refractivity contribution is 6.43. The van der Waals surface area contributed by atoms with Crippen molar-refractivity contribution in [2.45, 2.75) is 25.4 Å². The Morgan fingerprint density at radius 2 is 1.89 bits per heavy atom. The van der Waals surface area contributed by atoms with E-state index in [-0.39, 0.29) is 36.1 Å². The molecule has 0 bridgehead atoms. The van der Waals surface area contributed by atoms with Crippen molar-refractivity contribution in [2.75, 3.05) is 13.7 Å². The van der Waals surface area contributed by atoms with Crippen molar-refractivity contribution in [3.05, 3.63) is 63.4 Å². The van der Waals surface area contributed by atoms with Crippen LogP contribution in [0.15, 0.2) is 42.6 Å². The Kier molecular flexibility index (Phi) is 7.64. The molecule has 8 nitrogen and oxygen atoms in total. The average molecular weight is 536 g/mol. The number of halogens is 3. The molecule has 11 heteroatoms. The van der Waals surface area contributed by atoms with E-state index in [1.807, 2.05) is 18.2 Å². The summed E-state index contributed by atoms with van der Waals surface area (Å²) in [5, 5.41) is 13.4. The Balaban J connectivity index is 1.64. The molecule has 1 saturated heterocycles. The zero-order chi connectivity index (χ0) is 25.1. The molecule has 3 aromatic rings. The largest absolute Gasteiger partial charge is 0.481 e. The molecule has 2 amide bonds. The van der Waals surface area contributed by atoms with Gasteiger partial charge in [0.1, 0.15) is 5.15 Å². The van der Waals surface area contributed by atoms with Crippen LogP contribution in [0.25, 0.3) is 22.4 Å². The first-order chi connectivity index (χ1) is 16.8. The Morgan fingerprint density at radius 3 is 2.57 bits per heavy atom. The van der Waals surface area contributed by atoms with E-state index in [0.29, 0.717) is 50.8 Å². The van der Waals surface area contributed by atoms with Crippen molar-refractivity contribution in [3.8, 4) is 28.3 Å². The van der Waals surface area contributed by atoms with Gasteiger partial charge in [-0.3, -0.25) is 4.79 Å². The highest BCUT2D eigenvalue weighted by Gasteiger charge is 2.26. The van der Waals surface area contributed by atoms with Gasteiger partial charge in [0.25, 0.3) is 0 Å². The predicted octanol–water partition coefficient (Wildman–Crippen LogP) is 5.54. The van der Waals surface area contributed by atoms with Crippen LogP contribution < -0.4 is 10.1 Å². The minimum atomic E-state index is -1.10. The molecule has 3 heterocycles. The van der Waals surface area contributed by atoms with Crippen LogP contribution in [0.1, 0.15) is 18.4 Å². The van der Waals surface area contributed by atoms with Crippen LogP contribution in [0, 0.1) is 0 Å². The lowest BCUT2D eigenvalue weighted by atomic mass is 10.0. The molecule has 35 heavy (non-hydrogen) atoms. The minimum Gasteiger partial charge on any atom is -0.481 e. The summed E-state index contributed by atoms with van der Waals surface area (Å²) < 4.78 is 5.47. The molecule has 0 radical (unpaired) electrons. The van der Waals surface area contributed by atoms with Crippen LogP contribution >= 0.6 is 34.8 Å². The number of hydrogen-bond acceptors (Lipinski definition) is 5. The van der Waals surface area contributed by atoms with Gasteiger partial charge in [0.05, 0.1) is 29.4 Å². The fourth-order valence-corrected chi connectivity index (χ4v) is 4.67. The minimum absolute atomic E-state index is 0.0526. The Morgan fingerprint density at radius 1 is 1.14 bits per heavy atom. The standard InChI is InChI=1S/C24H21Cl3N4O4/c1-35-23-13(11-31(24(33)34)12-14-6-8-19(32)29-14)5-7-18(30-23)17-4-2-3-15(20(17)25)16-9-10-28-22(27)21(16)26/h2-5,7,9-10,14H,6,8,11-12H2,1H3,(H,29,32)(H,33,34). The molecule has 4 rings (SSSR count). The topological polar surface area (TPSA) is 105 Å². The van der Waals surface area contributed by atoms with Crippen LogP contribution in [0.2, 0.25) is 15.2 Å². The lowest BCUT2D eigenvalue weighted by Gasteiger charge is -2.23. The van der Waals surface area contributed by atoms with E-state index in [1.165, 1.54) is 12.0 Å². The number of carboxylic acid groups (broad SMARTS) is 1. The number of carbonyl (C=O) groups is 2. The number of pyridine rings is 2. The van der Waals surface area contributed by atoms with E-state index >= 15 is 0 Å². The van der Waals surface area contributed by atoms with Crippen LogP contribution in [0.3, 0.4) is 0 Å². The number of amides is 2. The summed E-state index contributed by atoms with van der Waals surface area (Å²) in [4.78, 5) is 33.1. The number of benzene rings is 1. The molecule has 0 aliphatic carbocycles. The third-order valence-corrected chi connectivity index (χ3v) is 6.87. The van der Waals surface area contributed by atoms with E-state index in [4.69, 9.17) is 39.5 Å². The number of nitrogens with zero attached hydrogens (tertiary/aromatic N) is 3. The molecular formula is C24H21Cl3N4O4. The second kappa shape index (κ2) is 10.7. The van der Waals surface area contributed by atoms with E-state index < -0.39 is 6.09 Å². The SMILES string of the molecule is COc1nc(-c2cccc(-c3ccnc(Cl)c3Cl)c2Cl)ccc1CN(CC1CCC(=O)N1)C(=O)O. The number of hydrogen-bond donors (Lipinski definition) is 2. The number of carbonyl (C=O) groups excluding carboxylic acids is 1. The molecule has 1 atom stereocenters. The predicted molar refractivity (Wildman–Crippen MR) is 134 cm³/mol. The van der Waals surface area contributed by atoms with Crippen molar-refractivity contribution in [2.24, 2.45) is 0 Å². The Bertz CT molecular complexity index is 1290. The number of rotatable bonds is 7. The highest BCUT2D eigenvalue weighted by atomic mass is 35.5. The van der Waals surface area contributed by atoms with Gasteiger partial charge in [0.2, 0.25) is 11.8 Å². The third-order valence-electron chi connectivity index (χ3n) is 5.70. The van der Waals surface area contributed by atoms with Gasteiger partial charge in [-0.1, -0.05) is 53.0 Å². The van der Waals surface area contributed by atoms with E-state index in [0.717, 1.165) is 0 Å². The van der Waals surface area contributed by atoms with Crippen molar-refractivity contribution >= 4 is 46.8 Å². The molecule has 2 N–H and O–H groups in total. The lowest BCUT2D eigenvalue weighted by Crippen LogP contribution is -2.41. The van der Waals surface area contributed by atoms with Gasteiger partial charge in [-0.05, 0) is 24.6 Å². The fourth-order valence-electron chi connectivity index (χ4n) is 3.98. The van der Waals surface area contributed by atoms with Crippen molar-refractivity contribution in [3.63, 3.8) is 0 Å². The Hall–Kier alpha value is -3.07. The van der Waals surface area contributed by atoms with Crippen molar-refractivity contribution in [1.29, 1.82) is 0 Å². The summed E-state index contributed by atoms with van der Waals surface area (Å²) in [5.41, 5.74) is 3.07. The summed E-state index contributed by atoms with van der Waals surface area (Å²) in [6.07, 6.45) is 1.45. The summed E-state index contributed by atoms with van der Waals surface area (Å²) >= 11 is 19.2. The molecule has 1 aliphatic heterocycles. The van der Waals surface area contributed by atoms with Crippen LogP contribution in [0.4, 0.5) is 4.79 Å². The van der Waals surface area contributed by atoms with Crippen molar-refractivity contribution < 1.29 is 19.4 Å². The first-order valence-electron chi connectivity index (χ1n) is 10.7. The molecule has 1 aliphatic rings. The van der Waals surface area contributed by atoms with Gasteiger partial charge >= 0.3 is 6.09 Å². The van der Waals surface area contributed by atoms with Crippen molar-refractivity contribution in [1.82, 2.24) is 20.2 Å². The maximum absolute atomic E-state index is 11.8. The first kappa shape index (κ1) is 25.0. The Labute approximate surface area is 216 Å². The van der Waals surface area contributed by atoms with E-state index in [1.54, 1.807) is 24.4 Å². The van der Waals surface area contributed by atoms with Crippen LogP contribution in [-0.4, -0.2) is 51.7 Å². The molecular weight excluding hydrogens is 515 g/mol. The normalized spacial score (nSPS) is 15.1. The molecule has 1 aromatic carbocycles. The lowest BCUT2D eigenvalue weighted by molar-refractivity contribution is -0.119. The van der Waals surface area contributed by atoms with E-state index in [2.05, 4.69) is 15.3 Å². The van der Waals surface area contributed by atoms with Gasteiger partial charge in [0, 0.05) is 47.5 Å². The van der Waals surface area contributed by atoms with Gasteiger partial charge in [0.15, 0.2) is 0 Å². The van der Waals surface area contributed by atoms with Gasteiger partial charge in [-0.15, -0.1) is 0 Å². The van der Waals surface area contributed by atoms with Crippen LogP contribution in [0.5, 0.6) is 5.88 Å². The second-order valence-corrected chi connectivity index (χ2v) is 9.08. The molecule has 1 unspecified atom stereocenters. The third kappa shape index (κ3) is 5.45. The maximum atomic E-state index is 11.8.